The van der Waals surface area contributed by atoms with E-state index in [4.69, 9.17) is 0 Å². The van der Waals surface area contributed by atoms with Crippen LogP contribution in [0.1, 0.15) is 17.8 Å². The Hall–Kier alpha value is -1.99. The highest BCUT2D eigenvalue weighted by atomic mass is 32.1. The molecule has 1 aliphatic rings. The maximum absolute atomic E-state index is 12.4. The van der Waals surface area contributed by atoms with Crippen molar-refractivity contribution in [3.8, 4) is 0 Å². The van der Waals surface area contributed by atoms with Gasteiger partial charge in [-0.15, -0.1) is 22.7 Å². The topological polar surface area (TPSA) is 49.3 Å². The summed E-state index contributed by atoms with van der Waals surface area (Å²) in [5.41, 5.74) is 1.06. The summed E-state index contributed by atoms with van der Waals surface area (Å²) in [5, 5.41) is 4.18. The number of benzene rings is 1. The highest BCUT2D eigenvalue weighted by Crippen LogP contribution is 2.23. The van der Waals surface area contributed by atoms with Crippen LogP contribution in [0.4, 0.5) is 5.13 Å². The molecule has 1 fully saturated rings. The zero-order valence-corrected chi connectivity index (χ0v) is 15.6. The lowest BCUT2D eigenvalue weighted by Crippen LogP contribution is -2.48. The number of hydrogen-bond donors (Lipinski definition) is 0. The van der Waals surface area contributed by atoms with Gasteiger partial charge in [-0.2, -0.15) is 0 Å². The fraction of sp³-hybridized carbons (Fsp3) is 0.389. The Morgan fingerprint density at radius 2 is 2.00 bits per heavy atom. The van der Waals surface area contributed by atoms with E-state index in [1.54, 1.807) is 22.7 Å². The summed E-state index contributed by atoms with van der Waals surface area (Å²) in [6, 6.07) is 8.20. The highest BCUT2D eigenvalue weighted by Gasteiger charge is 2.22. The molecule has 0 saturated carbocycles. The number of nitrogens with zero attached hydrogens (tertiary/aromatic N) is 4. The summed E-state index contributed by atoms with van der Waals surface area (Å²) < 4.78 is 1.22. The first-order chi connectivity index (χ1) is 12.3. The number of amides is 1. The summed E-state index contributed by atoms with van der Waals surface area (Å²) in [5.74, 6) is 0.264. The van der Waals surface area contributed by atoms with Crippen LogP contribution >= 0.6 is 22.7 Å². The number of anilines is 1. The standard InChI is InChI=1S/C18H20N4OS2/c23-17(21-9-11-22(12-10-21)18-19-8-13-24-18)7-3-6-16-20-14-4-1-2-5-15(14)25-16/h1-2,4-5,8,13H,3,6-7,9-12H2. The number of rotatable bonds is 5. The van der Waals surface area contributed by atoms with Crippen molar-refractivity contribution in [1.82, 2.24) is 14.9 Å². The molecule has 0 aliphatic carbocycles. The molecular weight excluding hydrogens is 352 g/mol. The minimum absolute atomic E-state index is 0.264. The average molecular weight is 373 g/mol. The van der Waals surface area contributed by atoms with Crippen LogP contribution in [0.3, 0.4) is 0 Å². The number of fused-ring (bicyclic) bond motifs is 1. The zero-order valence-electron chi connectivity index (χ0n) is 13.9. The second-order valence-corrected chi connectivity index (χ2v) is 8.10. The van der Waals surface area contributed by atoms with E-state index < -0.39 is 0 Å². The Kier molecular flexibility index (Phi) is 4.94. The van der Waals surface area contributed by atoms with Gasteiger partial charge >= 0.3 is 0 Å². The van der Waals surface area contributed by atoms with Crippen molar-refractivity contribution >= 4 is 43.9 Å². The third-order valence-electron chi connectivity index (χ3n) is 4.44. The van der Waals surface area contributed by atoms with E-state index in [0.29, 0.717) is 6.42 Å². The number of thiazole rings is 2. The molecule has 5 nitrogen and oxygen atoms in total. The third-order valence-corrected chi connectivity index (χ3v) is 6.37. The number of hydrogen-bond acceptors (Lipinski definition) is 6. The molecule has 0 spiro atoms. The van der Waals surface area contributed by atoms with Crippen LogP contribution in [0.5, 0.6) is 0 Å². The van der Waals surface area contributed by atoms with Crippen molar-refractivity contribution < 1.29 is 4.79 Å². The number of carbonyl (C=O) groups excluding carboxylic acids is 1. The highest BCUT2D eigenvalue weighted by molar-refractivity contribution is 7.18. The van der Waals surface area contributed by atoms with E-state index >= 15 is 0 Å². The van der Waals surface area contributed by atoms with Gasteiger partial charge in [-0.1, -0.05) is 12.1 Å². The lowest BCUT2D eigenvalue weighted by Gasteiger charge is -2.34. The normalized spacial score (nSPS) is 15.0. The number of carbonyl (C=O) groups is 1. The first-order valence-electron chi connectivity index (χ1n) is 8.56. The second-order valence-electron chi connectivity index (χ2n) is 6.11. The van der Waals surface area contributed by atoms with Gasteiger partial charge < -0.3 is 9.80 Å². The molecule has 1 saturated heterocycles. The molecule has 0 atom stereocenters. The van der Waals surface area contributed by atoms with Gasteiger partial charge in [-0.25, -0.2) is 9.97 Å². The van der Waals surface area contributed by atoms with E-state index in [1.165, 1.54) is 4.70 Å². The van der Waals surface area contributed by atoms with Crippen molar-refractivity contribution in [2.24, 2.45) is 0 Å². The third kappa shape index (κ3) is 3.82. The van der Waals surface area contributed by atoms with E-state index in [2.05, 4.69) is 20.9 Å². The molecule has 3 aromatic rings. The van der Waals surface area contributed by atoms with Crippen LogP contribution in [0.15, 0.2) is 35.8 Å². The van der Waals surface area contributed by atoms with Gasteiger partial charge in [0, 0.05) is 44.2 Å². The van der Waals surface area contributed by atoms with Gasteiger partial charge in [0.1, 0.15) is 0 Å². The molecule has 2 aromatic heterocycles. The largest absolute Gasteiger partial charge is 0.345 e. The van der Waals surface area contributed by atoms with Gasteiger partial charge in [0.05, 0.1) is 15.2 Å². The quantitative estimate of drug-likeness (QED) is 0.688. The van der Waals surface area contributed by atoms with Gasteiger partial charge in [0.25, 0.3) is 0 Å². The lowest BCUT2D eigenvalue weighted by atomic mass is 10.2. The Labute approximate surface area is 154 Å². The minimum Gasteiger partial charge on any atom is -0.345 e. The predicted molar refractivity (Wildman–Crippen MR) is 103 cm³/mol. The van der Waals surface area contributed by atoms with Crippen LogP contribution in [0, 0.1) is 0 Å². The molecule has 1 aliphatic heterocycles. The van der Waals surface area contributed by atoms with E-state index in [-0.39, 0.29) is 5.91 Å². The Balaban J connectivity index is 1.24. The number of aromatic nitrogens is 2. The Bertz CT molecular complexity index is 805. The Morgan fingerprint density at radius 1 is 1.16 bits per heavy atom. The van der Waals surface area contributed by atoms with Gasteiger partial charge in [0.15, 0.2) is 5.13 Å². The van der Waals surface area contributed by atoms with Crippen molar-refractivity contribution in [3.05, 3.63) is 40.8 Å². The summed E-state index contributed by atoms with van der Waals surface area (Å²) in [6.07, 6.45) is 4.18. The molecule has 0 unspecified atom stereocenters. The van der Waals surface area contributed by atoms with E-state index in [0.717, 1.165) is 54.7 Å². The zero-order chi connectivity index (χ0) is 17.1. The summed E-state index contributed by atoms with van der Waals surface area (Å²) in [6.45, 7) is 3.33. The number of aryl methyl sites for hydroxylation is 1. The van der Waals surface area contributed by atoms with Crippen molar-refractivity contribution in [2.75, 3.05) is 31.1 Å². The molecule has 25 heavy (non-hydrogen) atoms. The van der Waals surface area contributed by atoms with Crippen LogP contribution in [0.2, 0.25) is 0 Å². The second kappa shape index (κ2) is 7.49. The molecule has 130 valence electrons. The fourth-order valence-electron chi connectivity index (χ4n) is 3.10. The molecule has 1 amide bonds. The maximum atomic E-state index is 12.4. The van der Waals surface area contributed by atoms with Crippen LogP contribution in [0.25, 0.3) is 10.2 Å². The molecular formula is C18H20N4OS2. The van der Waals surface area contributed by atoms with Crippen molar-refractivity contribution in [3.63, 3.8) is 0 Å². The fourth-order valence-corrected chi connectivity index (χ4v) is 4.80. The molecule has 0 bridgehead atoms. The van der Waals surface area contributed by atoms with Crippen LogP contribution in [-0.4, -0.2) is 47.0 Å². The summed E-state index contributed by atoms with van der Waals surface area (Å²) in [7, 11) is 0. The van der Waals surface area contributed by atoms with Crippen LogP contribution < -0.4 is 4.90 Å². The number of piperazine rings is 1. The Morgan fingerprint density at radius 3 is 2.76 bits per heavy atom. The minimum atomic E-state index is 0.264. The van der Waals surface area contributed by atoms with Crippen molar-refractivity contribution in [2.45, 2.75) is 19.3 Å². The first-order valence-corrected chi connectivity index (χ1v) is 10.3. The van der Waals surface area contributed by atoms with E-state index in [1.807, 2.05) is 34.7 Å². The molecule has 1 aromatic carbocycles. The molecule has 3 heterocycles. The molecule has 7 heteroatoms. The molecule has 0 N–H and O–H groups in total. The number of para-hydroxylation sites is 1. The predicted octanol–water partition coefficient (Wildman–Crippen LogP) is 3.42. The molecule has 0 radical (unpaired) electrons. The lowest BCUT2D eigenvalue weighted by molar-refractivity contribution is -0.131. The van der Waals surface area contributed by atoms with Gasteiger partial charge in [-0.05, 0) is 25.0 Å². The molecule has 4 rings (SSSR count). The maximum Gasteiger partial charge on any atom is 0.222 e. The van der Waals surface area contributed by atoms with Crippen molar-refractivity contribution in [1.29, 1.82) is 0 Å². The van der Waals surface area contributed by atoms with Gasteiger partial charge in [-0.3, -0.25) is 4.79 Å². The SMILES string of the molecule is O=C(CCCc1nc2ccccc2s1)N1CCN(c2nccs2)CC1. The smallest absolute Gasteiger partial charge is 0.222 e. The van der Waals surface area contributed by atoms with Gasteiger partial charge in [0.2, 0.25) is 5.91 Å². The van der Waals surface area contributed by atoms with Crippen LogP contribution in [-0.2, 0) is 11.2 Å². The summed E-state index contributed by atoms with van der Waals surface area (Å²) in [4.78, 5) is 25.7. The van der Waals surface area contributed by atoms with E-state index in [9.17, 15) is 4.79 Å². The monoisotopic (exact) mass is 372 g/mol. The average Bonchev–Trinajstić information content (AvgIpc) is 3.31. The summed E-state index contributed by atoms with van der Waals surface area (Å²) >= 11 is 3.39. The first kappa shape index (κ1) is 16.5.